The molecule has 27 heavy (non-hydrogen) atoms. The molecule has 5 heteroatoms. The highest BCUT2D eigenvalue weighted by atomic mass is 16.2. The Morgan fingerprint density at radius 3 is 2.44 bits per heavy atom. The van der Waals surface area contributed by atoms with E-state index >= 15 is 0 Å². The molecule has 1 heterocycles. The second-order valence-electron chi connectivity index (χ2n) is 9.61. The van der Waals surface area contributed by atoms with Gasteiger partial charge < -0.3 is 4.90 Å². The van der Waals surface area contributed by atoms with Crippen LogP contribution in [-0.2, 0) is 19.9 Å². The van der Waals surface area contributed by atoms with Crippen LogP contribution in [0.5, 0.6) is 0 Å². The topological polar surface area (TPSA) is 61.9 Å². The van der Waals surface area contributed by atoms with E-state index in [-0.39, 0.29) is 11.4 Å². The molecule has 0 saturated heterocycles. The van der Waals surface area contributed by atoms with Gasteiger partial charge in [-0.2, -0.15) is 10.4 Å². The maximum Gasteiger partial charge on any atom is 0.275 e. The fraction of sp³-hybridized carbons (Fsp3) is 0.773. The molecule has 144 valence electrons. The second-order valence-corrected chi connectivity index (χ2v) is 9.61. The Balaban J connectivity index is 1.51. The van der Waals surface area contributed by atoms with Crippen LogP contribution in [0.2, 0.25) is 0 Å². The van der Waals surface area contributed by atoms with Crippen molar-refractivity contribution in [1.29, 1.82) is 5.26 Å². The molecule has 4 bridgehead atoms. The molecular formula is C22H30N4O. The molecule has 6 rings (SSSR count). The third-order valence-electron chi connectivity index (χ3n) is 7.84. The van der Waals surface area contributed by atoms with Crippen molar-refractivity contribution in [3.8, 4) is 6.07 Å². The van der Waals surface area contributed by atoms with Crippen molar-refractivity contribution >= 4 is 5.91 Å². The molecule has 5 aliphatic carbocycles. The van der Waals surface area contributed by atoms with Gasteiger partial charge >= 0.3 is 0 Å². The maximum absolute atomic E-state index is 13.8. The van der Waals surface area contributed by atoms with Gasteiger partial charge in [0.2, 0.25) is 0 Å². The molecule has 1 aromatic heterocycles. The van der Waals surface area contributed by atoms with Crippen LogP contribution in [0.3, 0.4) is 0 Å². The van der Waals surface area contributed by atoms with Crippen LogP contribution in [0.4, 0.5) is 0 Å². The lowest BCUT2D eigenvalue weighted by Crippen LogP contribution is -2.61. The highest BCUT2D eigenvalue weighted by molar-refractivity contribution is 5.94. The summed E-state index contributed by atoms with van der Waals surface area (Å²) in [6.07, 6.45) is 12.3. The van der Waals surface area contributed by atoms with Crippen molar-refractivity contribution < 1.29 is 4.79 Å². The van der Waals surface area contributed by atoms with Crippen LogP contribution in [0.25, 0.3) is 0 Å². The zero-order chi connectivity index (χ0) is 18.6. The summed E-state index contributed by atoms with van der Waals surface area (Å²) in [7, 11) is 1.98. The minimum atomic E-state index is -0.0121. The summed E-state index contributed by atoms with van der Waals surface area (Å²) < 4.78 is 1.93. The molecule has 0 spiro atoms. The van der Waals surface area contributed by atoms with E-state index in [2.05, 4.69) is 11.0 Å². The summed E-state index contributed by atoms with van der Waals surface area (Å²) in [5.41, 5.74) is 3.10. The van der Waals surface area contributed by atoms with E-state index in [4.69, 9.17) is 5.10 Å². The Bertz CT molecular complexity index is 767. The van der Waals surface area contributed by atoms with Gasteiger partial charge in [0.15, 0.2) is 5.69 Å². The highest BCUT2D eigenvalue weighted by Crippen LogP contribution is 2.58. The molecule has 0 atom stereocenters. The second kappa shape index (κ2) is 6.36. The number of rotatable bonds is 4. The van der Waals surface area contributed by atoms with Crippen LogP contribution >= 0.6 is 0 Å². The molecule has 0 radical (unpaired) electrons. The molecule has 0 N–H and O–H groups in total. The van der Waals surface area contributed by atoms with Crippen LogP contribution in [-0.4, -0.2) is 32.7 Å². The Morgan fingerprint density at radius 2 is 1.81 bits per heavy atom. The van der Waals surface area contributed by atoms with E-state index in [0.29, 0.717) is 18.7 Å². The highest BCUT2D eigenvalue weighted by Gasteiger charge is 2.55. The van der Waals surface area contributed by atoms with E-state index in [1.165, 1.54) is 36.9 Å². The monoisotopic (exact) mass is 366 g/mol. The standard InChI is InChI=1S/C22H30N4O/c1-25-19-6-3-2-5-18(19)20(24-25)21(27)26(8-4-7-23)22-12-15-9-16(13-22)11-17(10-15)14-22/h15-17H,2-6,8-14H2,1H3. The number of carbonyl (C=O) groups excluding carboxylic acids is 1. The van der Waals surface area contributed by atoms with Crippen molar-refractivity contribution in [2.45, 2.75) is 76.2 Å². The van der Waals surface area contributed by atoms with Crippen molar-refractivity contribution in [2.24, 2.45) is 24.8 Å². The maximum atomic E-state index is 13.8. The number of amides is 1. The Hall–Kier alpha value is -1.83. The first kappa shape index (κ1) is 17.3. The number of nitrogens with zero attached hydrogens (tertiary/aromatic N) is 4. The van der Waals surface area contributed by atoms with Crippen molar-refractivity contribution in [3.63, 3.8) is 0 Å². The summed E-state index contributed by atoms with van der Waals surface area (Å²) >= 11 is 0. The minimum Gasteiger partial charge on any atom is -0.331 e. The molecule has 1 amide bonds. The van der Waals surface area contributed by atoms with E-state index < -0.39 is 0 Å². The van der Waals surface area contributed by atoms with Crippen LogP contribution < -0.4 is 0 Å². The minimum absolute atomic E-state index is 0.0121. The van der Waals surface area contributed by atoms with E-state index in [1.807, 2.05) is 11.7 Å². The lowest BCUT2D eigenvalue weighted by atomic mass is 9.52. The number of hydrogen-bond donors (Lipinski definition) is 0. The van der Waals surface area contributed by atoms with Gasteiger partial charge in [-0.25, -0.2) is 0 Å². The molecule has 4 fully saturated rings. The molecule has 5 aliphatic rings. The van der Waals surface area contributed by atoms with Crippen molar-refractivity contribution in [2.75, 3.05) is 6.54 Å². The molecule has 1 aromatic rings. The number of aromatic nitrogens is 2. The predicted molar refractivity (Wildman–Crippen MR) is 102 cm³/mol. The van der Waals surface area contributed by atoms with Crippen LogP contribution in [0.15, 0.2) is 0 Å². The van der Waals surface area contributed by atoms with Gasteiger partial charge in [-0.3, -0.25) is 9.48 Å². The lowest BCUT2D eigenvalue weighted by molar-refractivity contribution is -0.0742. The molecule has 0 aliphatic heterocycles. The van der Waals surface area contributed by atoms with Gasteiger partial charge in [0.1, 0.15) is 0 Å². The van der Waals surface area contributed by atoms with Crippen LogP contribution in [0, 0.1) is 29.1 Å². The zero-order valence-electron chi connectivity index (χ0n) is 16.4. The van der Waals surface area contributed by atoms with Gasteiger partial charge in [-0.15, -0.1) is 0 Å². The molecule has 4 saturated carbocycles. The van der Waals surface area contributed by atoms with Gasteiger partial charge in [0.05, 0.1) is 12.5 Å². The molecule has 0 aromatic carbocycles. The zero-order valence-corrected chi connectivity index (χ0v) is 16.4. The fourth-order valence-corrected chi connectivity index (χ4v) is 7.18. The molecular weight excluding hydrogens is 336 g/mol. The Morgan fingerprint density at radius 1 is 1.19 bits per heavy atom. The third kappa shape index (κ3) is 2.71. The van der Waals surface area contributed by atoms with Crippen molar-refractivity contribution in [3.05, 3.63) is 17.0 Å². The Kier molecular flexibility index (Phi) is 4.07. The van der Waals surface area contributed by atoms with Gasteiger partial charge in [-0.05, 0) is 82.0 Å². The largest absolute Gasteiger partial charge is 0.331 e. The fourth-order valence-electron chi connectivity index (χ4n) is 7.18. The summed E-state index contributed by atoms with van der Waals surface area (Å²) in [6, 6.07) is 2.28. The summed E-state index contributed by atoms with van der Waals surface area (Å²) in [5, 5.41) is 13.9. The van der Waals surface area contributed by atoms with Gasteiger partial charge in [0, 0.05) is 30.4 Å². The lowest BCUT2D eigenvalue weighted by Gasteiger charge is -2.60. The van der Waals surface area contributed by atoms with Crippen molar-refractivity contribution in [1.82, 2.24) is 14.7 Å². The predicted octanol–water partition coefficient (Wildman–Crippen LogP) is 3.62. The van der Waals surface area contributed by atoms with Gasteiger partial charge in [0.25, 0.3) is 5.91 Å². The first-order chi connectivity index (χ1) is 13.1. The smallest absolute Gasteiger partial charge is 0.275 e. The third-order valence-corrected chi connectivity index (χ3v) is 7.84. The number of fused-ring (bicyclic) bond motifs is 1. The van der Waals surface area contributed by atoms with E-state index in [1.54, 1.807) is 0 Å². The number of aryl methyl sites for hydroxylation is 1. The van der Waals surface area contributed by atoms with Crippen LogP contribution in [0.1, 0.15) is 79.5 Å². The molecule has 0 unspecified atom stereocenters. The van der Waals surface area contributed by atoms with Gasteiger partial charge in [-0.1, -0.05) is 0 Å². The quantitative estimate of drug-likeness (QED) is 0.817. The van der Waals surface area contributed by atoms with E-state index in [9.17, 15) is 10.1 Å². The summed E-state index contributed by atoms with van der Waals surface area (Å²) in [5.74, 6) is 2.45. The van der Waals surface area contributed by atoms with E-state index in [0.717, 1.165) is 56.3 Å². The SMILES string of the molecule is Cn1nc(C(=O)N(CCC#N)C23CC4CC(CC(C4)C2)C3)c2c1CCCC2. The number of hydrogen-bond acceptors (Lipinski definition) is 3. The normalized spacial score (nSPS) is 33.6. The number of nitriles is 1. The first-order valence-corrected chi connectivity index (χ1v) is 10.8. The molecule has 5 nitrogen and oxygen atoms in total. The summed E-state index contributed by atoms with van der Waals surface area (Å²) in [6.45, 7) is 0.562. The average molecular weight is 367 g/mol. The number of carbonyl (C=O) groups is 1. The average Bonchev–Trinajstić information content (AvgIpc) is 2.98. The summed E-state index contributed by atoms with van der Waals surface area (Å²) in [4.78, 5) is 15.9. The first-order valence-electron chi connectivity index (χ1n) is 10.8. The Labute approximate surface area is 161 Å².